The average Bonchev–Trinajstić information content (AvgIpc) is 2.69. The fourth-order valence-electron chi connectivity index (χ4n) is 3.48. The molecular weight excluding hydrogens is 244 g/mol. The van der Waals surface area contributed by atoms with Crippen molar-refractivity contribution in [1.82, 2.24) is 5.32 Å². The lowest BCUT2D eigenvalue weighted by molar-refractivity contribution is 0.418. The van der Waals surface area contributed by atoms with E-state index in [1.165, 1.54) is 12.1 Å². The van der Waals surface area contributed by atoms with E-state index in [1.807, 2.05) is 7.05 Å². The molecule has 0 spiro atoms. The van der Waals surface area contributed by atoms with Crippen molar-refractivity contribution in [1.29, 1.82) is 0 Å². The molecule has 1 N–H and O–H groups in total. The van der Waals surface area contributed by atoms with Crippen LogP contribution in [0.1, 0.15) is 44.9 Å². The first-order valence-electron chi connectivity index (χ1n) is 6.77. The van der Waals surface area contributed by atoms with Gasteiger partial charge in [-0.3, -0.25) is 0 Å². The number of hydrogen-bond donors (Lipinski definition) is 1. The predicted molar refractivity (Wildman–Crippen MR) is 73.9 cm³/mol. The van der Waals surface area contributed by atoms with E-state index in [0.29, 0.717) is 17.0 Å². The van der Waals surface area contributed by atoms with Crippen LogP contribution in [-0.4, -0.2) is 7.05 Å². The fraction of sp³-hybridized carbons (Fsp3) is 0.625. The Morgan fingerprint density at radius 2 is 1.58 bits per heavy atom. The third-order valence-electron chi connectivity index (χ3n) is 5.39. The predicted octanol–water partition coefficient (Wildman–Crippen LogP) is 4.22. The molecule has 1 nitrogen and oxygen atoms in total. The maximum atomic E-state index is 14.2. The summed E-state index contributed by atoms with van der Waals surface area (Å²) in [6.45, 7) is 10.3. The number of benzene rings is 1. The van der Waals surface area contributed by atoms with Crippen molar-refractivity contribution in [2.45, 2.75) is 40.7 Å². The fourth-order valence-corrected chi connectivity index (χ4v) is 3.48. The van der Waals surface area contributed by atoms with Gasteiger partial charge in [0.25, 0.3) is 0 Å². The van der Waals surface area contributed by atoms with E-state index in [2.05, 4.69) is 33.0 Å². The average molecular weight is 267 g/mol. The van der Waals surface area contributed by atoms with Crippen molar-refractivity contribution in [2.24, 2.45) is 16.7 Å². The van der Waals surface area contributed by atoms with Crippen LogP contribution in [0.3, 0.4) is 0 Å². The van der Waals surface area contributed by atoms with Crippen molar-refractivity contribution in [2.75, 3.05) is 7.05 Å². The van der Waals surface area contributed by atoms with Gasteiger partial charge in [-0.25, -0.2) is 8.78 Å². The second-order valence-electron chi connectivity index (χ2n) is 6.81. The van der Waals surface area contributed by atoms with E-state index >= 15 is 0 Å². The second kappa shape index (κ2) is 4.27. The van der Waals surface area contributed by atoms with Gasteiger partial charge in [-0.05, 0) is 48.4 Å². The van der Waals surface area contributed by atoms with Crippen LogP contribution in [0.15, 0.2) is 12.1 Å². The lowest BCUT2D eigenvalue weighted by Gasteiger charge is -2.20. The highest BCUT2D eigenvalue weighted by atomic mass is 19.1. The molecule has 19 heavy (non-hydrogen) atoms. The Kier molecular flexibility index (Phi) is 3.25. The van der Waals surface area contributed by atoms with Crippen molar-refractivity contribution in [3.8, 4) is 0 Å². The molecule has 0 aromatic heterocycles. The molecule has 1 unspecified atom stereocenters. The first-order valence-corrected chi connectivity index (χ1v) is 6.77. The van der Waals surface area contributed by atoms with Gasteiger partial charge in [0.05, 0.1) is 0 Å². The van der Waals surface area contributed by atoms with Crippen molar-refractivity contribution in [3.05, 3.63) is 34.9 Å². The highest BCUT2D eigenvalue weighted by Gasteiger charge is 2.67. The molecule has 1 aromatic carbocycles. The normalized spacial score (nSPS) is 22.3. The Labute approximate surface area is 114 Å². The first-order chi connectivity index (χ1) is 8.64. The first kappa shape index (κ1) is 14.4. The largest absolute Gasteiger partial charge is 0.313 e. The quantitative estimate of drug-likeness (QED) is 0.864. The Hall–Kier alpha value is -0.960. The summed E-state index contributed by atoms with van der Waals surface area (Å²) in [7, 11) is 1.81. The topological polar surface area (TPSA) is 12.0 Å². The van der Waals surface area contributed by atoms with Crippen LogP contribution in [0.4, 0.5) is 8.78 Å². The second-order valence-corrected chi connectivity index (χ2v) is 6.81. The summed E-state index contributed by atoms with van der Waals surface area (Å²) in [4.78, 5) is 0. The molecule has 1 atom stereocenters. The molecule has 1 aliphatic rings. The molecule has 0 amide bonds. The molecule has 2 rings (SSSR count). The molecule has 0 radical (unpaired) electrons. The summed E-state index contributed by atoms with van der Waals surface area (Å²) in [5.41, 5.74) is 1.03. The molecule has 1 aromatic rings. The highest BCUT2D eigenvalue weighted by Crippen LogP contribution is 2.72. The zero-order valence-electron chi connectivity index (χ0n) is 12.6. The summed E-state index contributed by atoms with van der Waals surface area (Å²) in [6.07, 6.45) is 0. The smallest absolute Gasteiger partial charge is 0.128 e. The van der Waals surface area contributed by atoms with Gasteiger partial charge in [0.1, 0.15) is 11.6 Å². The van der Waals surface area contributed by atoms with Gasteiger partial charge in [0.15, 0.2) is 0 Å². The Balaban J connectivity index is 2.43. The van der Waals surface area contributed by atoms with Gasteiger partial charge in [-0.2, -0.15) is 0 Å². The lowest BCUT2D eigenvalue weighted by Crippen LogP contribution is -2.23. The monoisotopic (exact) mass is 267 g/mol. The maximum absolute atomic E-state index is 14.2. The standard InChI is InChI=1S/C16H23F2N/c1-9-7-12(18)10(8-11(9)17)13(19-6)14-15(2,3)16(14,4)5/h7-8,13-14,19H,1-6H3. The van der Waals surface area contributed by atoms with Crippen molar-refractivity contribution in [3.63, 3.8) is 0 Å². The van der Waals surface area contributed by atoms with E-state index in [-0.39, 0.29) is 28.5 Å². The van der Waals surface area contributed by atoms with Crippen LogP contribution in [0.2, 0.25) is 0 Å². The van der Waals surface area contributed by atoms with Crippen LogP contribution in [-0.2, 0) is 0 Å². The molecule has 1 fully saturated rings. The SMILES string of the molecule is CNC(c1cc(F)c(C)cc1F)C1C(C)(C)C1(C)C. The minimum Gasteiger partial charge on any atom is -0.313 e. The Bertz CT molecular complexity index is 492. The van der Waals surface area contributed by atoms with E-state index in [1.54, 1.807) is 6.92 Å². The summed E-state index contributed by atoms with van der Waals surface area (Å²) in [5, 5.41) is 3.17. The summed E-state index contributed by atoms with van der Waals surface area (Å²) in [6, 6.07) is 2.48. The zero-order chi connectivity index (χ0) is 14.6. The van der Waals surface area contributed by atoms with E-state index in [0.717, 1.165) is 0 Å². The Morgan fingerprint density at radius 3 is 2.00 bits per heavy atom. The van der Waals surface area contributed by atoms with Crippen LogP contribution in [0.25, 0.3) is 0 Å². The van der Waals surface area contributed by atoms with Crippen molar-refractivity contribution < 1.29 is 8.78 Å². The molecule has 3 heteroatoms. The molecule has 0 saturated heterocycles. The van der Waals surface area contributed by atoms with Gasteiger partial charge in [0, 0.05) is 11.6 Å². The van der Waals surface area contributed by atoms with E-state index in [9.17, 15) is 8.78 Å². The van der Waals surface area contributed by atoms with E-state index < -0.39 is 0 Å². The number of aryl methyl sites for hydroxylation is 1. The minimum absolute atomic E-state index is 0.120. The van der Waals surface area contributed by atoms with Crippen LogP contribution in [0, 0.1) is 35.3 Å². The van der Waals surface area contributed by atoms with Gasteiger partial charge in [-0.15, -0.1) is 0 Å². The highest BCUT2D eigenvalue weighted by molar-refractivity contribution is 5.32. The number of rotatable bonds is 3. The van der Waals surface area contributed by atoms with Gasteiger partial charge < -0.3 is 5.32 Å². The Morgan fingerprint density at radius 1 is 1.05 bits per heavy atom. The van der Waals surface area contributed by atoms with Crippen molar-refractivity contribution >= 4 is 0 Å². The van der Waals surface area contributed by atoms with Crippen LogP contribution < -0.4 is 5.32 Å². The van der Waals surface area contributed by atoms with Gasteiger partial charge >= 0.3 is 0 Å². The minimum atomic E-state index is -0.340. The zero-order valence-corrected chi connectivity index (χ0v) is 12.6. The van der Waals surface area contributed by atoms with Crippen LogP contribution in [0.5, 0.6) is 0 Å². The maximum Gasteiger partial charge on any atom is 0.128 e. The van der Waals surface area contributed by atoms with E-state index in [4.69, 9.17) is 0 Å². The lowest BCUT2D eigenvalue weighted by atomic mass is 9.95. The molecule has 0 heterocycles. The molecule has 1 saturated carbocycles. The number of hydrogen-bond acceptors (Lipinski definition) is 1. The number of halogens is 2. The molecular formula is C16H23F2N. The summed E-state index contributed by atoms with van der Waals surface area (Å²) < 4.78 is 27.9. The molecule has 1 aliphatic carbocycles. The number of nitrogens with one attached hydrogen (secondary N) is 1. The van der Waals surface area contributed by atoms with Gasteiger partial charge in [0.2, 0.25) is 0 Å². The molecule has 106 valence electrons. The molecule has 0 bridgehead atoms. The molecule has 0 aliphatic heterocycles. The van der Waals surface area contributed by atoms with Crippen LogP contribution >= 0.6 is 0 Å². The van der Waals surface area contributed by atoms with Gasteiger partial charge in [-0.1, -0.05) is 27.7 Å². The summed E-state index contributed by atoms with van der Waals surface area (Å²) >= 11 is 0. The third-order valence-corrected chi connectivity index (χ3v) is 5.39. The third kappa shape index (κ3) is 1.99. The summed E-state index contributed by atoms with van der Waals surface area (Å²) in [5.74, 6) is -0.369.